The maximum Gasteiger partial charge on any atom is 0.123 e. The molecule has 19 heavy (non-hydrogen) atoms. The molecule has 0 amide bonds. The first-order valence-electron chi connectivity index (χ1n) is 6.59. The predicted molar refractivity (Wildman–Crippen MR) is 73.7 cm³/mol. The van der Waals surface area contributed by atoms with E-state index in [0.717, 1.165) is 30.9 Å². The Kier molecular flexibility index (Phi) is 4.74. The van der Waals surface area contributed by atoms with Crippen molar-refractivity contribution in [2.24, 2.45) is 5.73 Å². The van der Waals surface area contributed by atoms with Crippen LogP contribution in [0.25, 0.3) is 0 Å². The van der Waals surface area contributed by atoms with Crippen molar-refractivity contribution >= 4 is 0 Å². The molecule has 0 aliphatic carbocycles. The van der Waals surface area contributed by atoms with E-state index >= 15 is 0 Å². The van der Waals surface area contributed by atoms with E-state index in [1.807, 2.05) is 0 Å². The van der Waals surface area contributed by atoms with Crippen LogP contribution in [0.15, 0.2) is 18.2 Å². The summed E-state index contributed by atoms with van der Waals surface area (Å²) < 4.78 is 18.7. The molecule has 0 aromatic heterocycles. The normalized spacial score (nSPS) is 21.6. The third-order valence-electron chi connectivity index (χ3n) is 3.70. The van der Waals surface area contributed by atoms with E-state index in [2.05, 4.69) is 16.8 Å². The van der Waals surface area contributed by atoms with Gasteiger partial charge in [0, 0.05) is 44.3 Å². The molecule has 1 saturated heterocycles. The Hall–Kier alpha value is -1.17. The van der Waals surface area contributed by atoms with Gasteiger partial charge in [0.1, 0.15) is 11.6 Å². The average Bonchev–Trinajstić information content (AvgIpc) is 2.41. The average molecular weight is 267 g/mol. The zero-order valence-corrected chi connectivity index (χ0v) is 11.6. The Morgan fingerprint density at radius 1 is 1.42 bits per heavy atom. The number of ether oxygens (including phenoxy) is 1. The maximum absolute atomic E-state index is 13.4. The molecule has 2 N–H and O–H groups in total. The lowest BCUT2D eigenvalue weighted by Crippen LogP contribution is -2.54. The van der Waals surface area contributed by atoms with Crippen molar-refractivity contribution in [1.29, 1.82) is 0 Å². The van der Waals surface area contributed by atoms with Crippen molar-refractivity contribution in [1.82, 2.24) is 9.80 Å². The van der Waals surface area contributed by atoms with Crippen LogP contribution in [0.3, 0.4) is 0 Å². The van der Waals surface area contributed by atoms with Gasteiger partial charge in [-0.2, -0.15) is 0 Å². The van der Waals surface area contributed by atoms with Crippen molar-refractivity contribution in [2.45, 2.75) is 12.6 Å². The molecule has 0 saturated carbocycles. The van der Waals surface area contributed by atoms with Crippen molar-refractivity contribution in [3.05, 3.63) is 29.6 Å². The highest BCUT2D eigenvalue weighted by molar-refractivity contribution is 5.34. The number of rotatable bonds is 4. The number of nitrogens with zero attached hydrogens (tertiary/aromatic N) is 2. The Balaban J connectivity index is 2.13. The topological polar surface area (TPSA) is 41.7 Å². The van der Waals surface area contributed by atoms with Crippen molar-refractivity contribution in [3.63, 3.8) is 0 Å². The van der Waals surface area contributed by atoms with E-state index in [4.69, 9.17) is 10.5 Å². The van der Waals surface area contributed by atoms with Crippen LogP contribution in [0.2, 0.25) is 0 Å². The van der Waals surface area contributed by atoms with Gasteiger partial charge >= 0.3 is 0 Å². The van der Waals surface area contributed by atoms with Crippen LogP contribution in [-0.2, 0) is 6.54 Å². The Bertz CT molecular complexity index is 427. The molecule has 106 valence electrons. The standard InChI is InChI=1S/C14H22FN3O/c1-17-5-6-18(13(8-16)10-17)9-11-7-12(15)3-4-14(11)19-2/h3-4,7,13H,5-6,8-10,16H2,1-2H3. The first kappa shape index (κ1) is 14.2. The van der Waals surface area contributed by atoms with E-state index in [9.17, 15) is 4.39 Å². The smallest absolute Gasteiger partial charge is 0.123 e. The van der Waals surface area contributed by atoms with E-state index in [1.165, 1.54) is 6.07 Å². The molecule has 1 fully saturated rings. The Morgan fingerprint density at radius 2 is 2.21 bits per heavy atom. The fourth-order valence-corrected chi connectivity index (χ4v) is 2.57. The van der Waals surface area contributed by atoms with Gasteiger partial charge in [0.2, 0.25) is 0 Å². The zero-order valence-electron chi connectivity index (χ0n) is 11.6. The molecule has 1 aromatic carbocycles. The molecule has 4 nitrogen and oxygen atoms in total. The molecule has 1 aliphatic heterocycles. The number of hydrogen-bond acceptors (Lipinski definition) is 4. The molecule has 0 bridgehead atoms. The van der Waals surface area contributed by atoms with Gasteiger partial charge < -0.3 is 15.4 Å². The molecule has 1 unspecified atom stereocenters. The molecule has 5 heteroatoms. The summed E-state index contributed by atoms with van der Waals surface area (Å²) in [5, 5.41) is 0. The quantitative estimate of drug-likeness (QED) is 0.880. The van der Waals surface area contributed by atoms with Gasteiger partial charge in [-0.3, -0.25) is 4.90 Å². The first-order valence-corrected chi connectivity index (χ1v) is 6.59. The van der Waals surface area contributed by atoms with Crippen LogP contribution < -0.4 is 10.5 Å². The molecule has 1 aliphatic rings. The van der Waals surface area contributed by atoms with Gasteiger partial charge in [0.25, 0.3) is 0 Å². The molecular formula is C14H22FN3O. The van der Waals surface area contributed by atoms with Crippen molar-refractivity contribution in [3.8, 4) is 5.75 Å². The molecule has 2 rings (SSSR count). The number of benzene rings is 1. The van der Waals surface area contributed by atoms with Crippen LogP contribution >= 0.6 is 0 Å². The summed E-state index contributed by atoms with van der Waals surface area (Å²) in [6.07, 6.45) is 0. The second kappa shape index (κ2) is 6.32. The fourth-order valence-electron chi connectivity index (χ4n) is 2.57. The lowest BCUT2D eigenvalue weighted by Gasteiger charge is -2.39. The lowest BCUT2D eigenvalue weighted by molar-refractivity contribution is 0.0873. The molecule has 0 radical (unpaired) electrons. The largest absolute Gasteiger partial charge is 0.496 e. The summed E-state index contributed by atoms with van der Waals surface area (Å²) in [6.45, 7) is 4.19. The number of piperazine rings is 1. The second-order valence-electron chi connectivity index (χ2n) is 5.08. The van der Waals surface area contributed by atoms with Crippen LogP contribution in [0.4, 0.5) is 4.39 Å². The summed E-state index contributed by atoms with van der Waals surface area (Å²) in [6, 6.07) is 4.96. The van der Waals surface area contributed by atoms with Crippen LogP contribution in [0, 0.1) is 5.82 Å². The first-order chi connectivity index (χ1) is 9.13. The van der Waals surface area contributed by atoms with Crippen LogP contribution in [0.1, 0.15) is 5.56 Å². The summed E-state index contributed by atoms with van der Waals surface area (Å²) >= 11 is 0. The van der Waals surface area contributed by atoms with Gasteiger partial charge in [-0.25, -0.2) is 4.39 Å². The third-order valence-corrected chi connectivity index (χ3v) is 3.70. The van der Waals surface area contributed by atoms with E-state index in [1.54, 1.807) is 19.2 Å². The number of halogens is 1. The summed E-state index contributed by atoms with van der Waals surface area (Å²) in [5.74, 6) is 0.505. The van der Waals surface area contributed by atoms with Gasteiger partial charge in [-0.05, 0) is 25.2 Å². The van der Waals surface area contributed by atoms with Gasteiger partial charge in [0.15, 0.2) is 0 Å². The second-order valence-corrected chi connectivity index (χ2v) is 5.08. The molecule has 1 heterocycles. The number of likely N-dealkylation sites (N-methyl/N-ethyl adjacent to an activating group) is 1. The minimum Gasteiger partial charge on any atom is -0.496 e. The fraction of sp³-hybridized carbons (Fsp3) is 0.571. The molecule has 0 spiro atoms. The van der Waals surface area contributed by atoms with E-state index in [0.29, 0.717) is 19.1 Å². The summed E-state index contributed by atoms with van der Waals surface area (Å²) in [5.41, 5.74) is 6.72. The predicted octanol–water partition coefficient (Wildman–Crippen LogP) is 0.909. The van der Waals surface area contributed by atoms with E-state index in [-0.39, 0.29) is 5.82 Å². The van der Waals surface area contributed by atoms with E-state index < -0.39 is 0 Å². The van der Waals surface area contributed by atoms with Gasteiger partial charge in [-0.1, -0.05) is 0 Å². The van der Waals surface area contributed by atoms with Crippen molar-refractivity contribution in [2.75, 3.05) is 40.3 Å². The zero-order chi connectivity index (χ0) is 13.8. The minimum atomic E-state index is -0.228. The summed E-state index contributed by atoms with van der Waals surface area (Å²) in [4.78, 5) is 4.58. The highest BCUT2D eigenvalue weighted by Gasteiger charge is 2.24. The van der Waals surface area contributed by atoms with Gasteiger partial charge in [-0.15, -0.1) is 0 Å². The SMILES string of the molecule is COc1ccc(F)cc1CN1CCN(C)CC1CN. The number of nitrogens with two attached hydrogens (primary N) is 1. The highest BCUT2D eigenvalue weighted by atomic mass is 19.1. The van der Waals surface area contributed by atoms with Crippen LogP contribution in [-0.4, -0.2) is 56.2 Å². The van der Waals surface area contributed by atoms with Crippen molar-refractivity contribution < 1.29 is 9.13 Å². The third kappa shape index (κ3) is 3.43. The number of methoxy groups -OCH3 is 1. The summed E-state index contributed by atoms with van der Waals surface area (Å²) in [7, 11) is 3.71. The number of hydrogen-bond donors (Lipinski definition) is 1. The lowest BCUT2D eigenvalue weighted by atomic mass is 10.1. The van der Waals surface area contributed by atoms with Gasteiger partial charge in [0.05, 0.1) is 7.11 Å². The minimum absolute atomic E-state index is 0.228. The molecule has 1 aromatic rings. The Labute approximate surface area is 113 Å². The highest BCUT2D eigenvalue weighted by Crippen LogP contribution is 2.22. The Morgan fingerprint density at radius 3 is 2.89 bits per heavy atom. The monoisotopic (exact) mass is 267 g/mol. The maximum atomic E-state index is 13.4. The van der Waals surface area contributed by atoms with Crippen LogP contribution in [0.5, 0.6) is 5.75 Å². The molecule has 1 atom stereocenters. The molecular weight excluding hydrogens is 245 g/mol.